The van der Waals surface area contributed by atoms with Crippen molar-refractivity contribution in [2.45, 2.75) is 44.2 Å². The van der Waals surface area contributed by atoms with Crippen LogP contribution in [0, 0.1) is 17.2 Å². The van der Waals surface area contributed by atoms with Crippen molar-refractivity contribution >= 4 is 17.6 Å². The molecule has 1 aromatic heterocycles. The largest absolute Gasteiger partial charge is 0.365 e. The van der Waals surface area contributed by atoms with Gasteiger partial charge in [0.15, 0.2) is 5.82 Å². The van der Waals surface area contributed by atoms with E-state index in [-0.39, 0.29) is 29.6 Å². The Bertz CT molecular complexity index is 965. The Balaban J connectivity index is 1.53. The van der Waals surface area contributed by atoms with Crippen LogP contribution in [0.15, 0.2) is 36.5 Å². The fraction of sp³-hybridized carbons (Fsp3) is 0.455. The zero-order valence-electron chi connectivity index (χ0n) is 16.9. The van der Waals surface area contributed by atoms with E-state index in [0.29, 0.717) is 0 Å². The van der Waals surface area contributed by atoms with E-state index < -0.39 is 11.4 Å². The van der Waals surface area contributed by atoms with Gasteiger partial charge in [-0.25, -0.2) is 0 Å². The van der Waals surface area contributed by atoms with E-state index >= 15 is 0 Å². The second-order valence-corrected chi connectivity index (χ2v) is 8.28. The maximum absolute atomic E-state index is 12.2. The lowest BCUT2D eigenvalue weighted by atomic mass is 9.84. The van der Waals surface area contributed by atoms with Gasteiger partial charge in [0.2, 0.25) is 5.91 Å². The number of benzene rings is 1. The third kappa shape index (κ3) is 4.21. The number of rotatable bonds is 7. The van der Waals surface area contributed by atoms with E-state index in [1.807, 2.05) is 18.2 Å². The Labute approximate surface area is 175 Å². The number of hydrogen-bond donors (Lipinski definition) is 2. The number of aromatic nitrogens is 2. The van der Waals surface area contributed by atoms with Crippen LogP contribution in [-0.4, -0.2) is 39.6 Å². The second-order valence-electron chi connectivity index (χ2n) is 8.28. The maximum Gasteiger partial charge on any atom is 0.254 e. The van der Waals surface area contributed by atoms with Crippen molar-refractivity contribution in [1.29, 1.82) is 5.26 Å². The first-order chi connectivity index (χ1) is 14.5. The van der Waals surface area contributed by atoms with Gasteiger partial charge in [0.05, 0.1) is 18.0 Å². The highest BCUT2D eigenvalue weighted by atomic mass is 16.2. The molecule has 8 heteroatoms. The highest BCUT2D eigenvalue weighted by Crippen LogP contribution is 2.35. The minimum Gasteiger partial charge on any atom is -0.365 e. The number of amides is 2. The Morgan fingerprint density at radius 3 is 2.53 bits per heavy atom. The quantitative estimate of drug-likeness (QED) is 0.731. The van der Waals surface area contributed by atoms with Crippen LogP contribution in [-0.2, 0) is 16.9 Å². The molecule has 2 heterocycles. The number of anilines is 1. The van der Waals surface area contributed by atoms with E-state index in [1.165, 1.54) is 5.56 Å². The van der Waals surface area contributed by atoms with Gasteiger partial charge < -0.3 is 11.1 Å². The predicted octanol–water partition coefficient (Wildman–Crippen LogP) is 2.24. The van der Waals surface area contributed by atoms with Crippen LogP contribution in [0.2, 0.25) is 0 Å². The highest BCUT2D eigenvalue weighted by molar-refractivity contribution is 6.02. The van der Waals surface area contributed by atoms with Gasteiger partial charge >= 0.3 is 0 Å². The molecule has 8 nitrogen and oxygen atoms in total. The molecular weight excluding hydrogens is 380 g/mol. The first-order valence-electron chi connectivity index (χ1n) is 10.3. The number of nitrogens with zero attached hydrogens (tertiary/aromatic N) is 4. The molecule has 1 aliphatic carbocycles. The summed E-state index contributed by atoms with van der Waals surface area (Å²) in [4.78, 5) is 26.5. The van der Waals surface area contributed by atoms with Gasteiger partial charge in [-0.15, -0.1) is 0 Å². The first kappa shape index (κ1) is 20.1. The molecule has 0 unspecified atom stereocenters. The van der Waals surface area contributed by atoms with Crippen LogP contribution >= 0.6 is 0 Å². The van der Waals surface area contributed by atoms with E-state index in [2.05, 4.69) is 33.5 Å². The summed E-state index contributed by atoms with van der Waals surface area (Å²) in [6.07, 6.45) is 5.03. The monoisotopic (exact) mass is 406 g/mol. The van der Waals surface area contributed by atoms with Gasteiger partial charge in [-0.2, -0.15) is 10.4 Å². The first-order valence-corrected chi connectivity index (χ1v) is 10.3. The average molecular weight is 406 g/mol. The Morgan fingerprint density at radius 1 is 1.23 bits per heavy atom. The van der Waals surface area contributed by atoms with E-state index in [4.69, 9.17) is 5.73 Å². The van der Waals surface area contributed by atoms with Crippen LogP contribution in [0.4, 0.5) is 5.82 Å². The van der Waals surface area contributed by atoms with Gasteiger partial charge in [-0.3, -0.25) is 19.2 Å². The third-order valence-electron chi connectivity index (χ3n) is 6.10. The van der Waals surface area contributed by atoms with Gasteiger partial charge in [0.25, 0.3) is 5.91 Å². The number of likely N-dealkylation sites (tertiary alicyclic amines) is 1. The van der Waals surface area contributed by atoms with Crippen molar-refractivity contribution in [3.05, 3.63) is 47.7 Å². The molecule has 156 valence electrons. The highest BCUT2D eigenvalue weighted by Gasteiger charge is 2.39. The molecule has 0 bridgehead atoms. The van der Waals surface area contributed by atoms with E-state index in [9.17, 15) is 14.9 Å². The summed E-state index contributed by atoms with van der Waals surface area (Å²) in [5.41, 5.74) is 6.46. The van der Waals surface area contributed by atoms with Crippen LogP contribution in [0.3, 0.4) is 0 Å². The summed E-state index contributed by atoms with van der Waals surface area (Å²) in [7, 11) is 0. The van der Waals surface area contributed by atoms with Crippen LogP contribution in [0.1, 0.15) is 48.0 Å². The lowest BCUT2D eigenvalue weighted by molar-refractivity contribution is -0.117. The zero-order chi connectivity index (χ0) is 21.1. The number of nitrogens with two attached hydrogens (primary N) is 1. The summed E-state index contributed by atoms with van der Waals surface area (Å²) < 4.78 is 1.69. The summed E-state index contributed by atoms with van der Waals surface area (Å²) in [5, 5.41) is 16.8. The zero-order valence-corrected chi connectivity index (χ0v) is 16.9. The smallest absolute Gasteiger partial charge is 0.254 e. The van der Waals surface area contributed by atoms with Crippen LogP contribution < -0.4 is 11.1 Å². The number of primary amides is 1. The van der Waals surface area contributed by atoms with E-state index in [0.717, 1.165) is 45.3 Å². The van der Waals surface area contributed by atoms with Gasteiger partial charge in [-0.1, -0.05) is 30.3 Å². The molecule has 2 fully saturated rings. The minimum atomic E-state index is -0.638. The molecule has 1 saturated carbocycles. The van der Waals surface area contributed by atoms with Crippen LogP contribution in [0.5, 0.6) is 0 Å². The molecule has 1 aromatic carbocycles. The number of carbonyl (C=O) groups excluding carboxylic acids is 2. The molecule has 4 rings (SSSR count). The Kier molecular flexibility index (Phi) is 5.55. The number of carbonyl (C=O) groups is 2. The molecule has 1 aliphatic heterocycles. The van der Waals surface area contributed by atoms with Crippen molar-refractivity contribution in [2.24, 2.45) is 11.7 Å². The van der Waals surface area contributed by atoms with E-state index in [1.54, 1.807) is 10.9 Å². The molecule has 2 aliphatic rings. The Hall–Kier alpha value is -3.18. The van der Waals surface area contributed by atoms with Crippen molar-refractivity contribution in [2.75, 3.05) is 18.4 Å². The lowest BCUT2D eigenvalue weighted by Gasteiger charge is -2.40. The molecule has 1 saturated heterocycles. The fourth-order valence-corrected chi connectivity index (χ4v) is 4.06. The van der Waals surface area contributed by atoms with Gasteiger partial charge in [0, 0.05) is 31.7 Å². The third-order valence-corrected chi connectivity index (χ3v) is 6.10. The predicted molar refractivity (Wildman–Crippen MR) is 111 cm³/mol. The summed E-state index contributed by atoms with van der Waals surface area (Å²) in [6, 6.07) is 12.6. The Morgan fingerprint density at radius 2 is 1.93 bits per heavy atom. The fourth-order valence-electron chi connectivity index (χ4n) is 4.06. The molecule has 3 N–H and O–H groups in total. The summed E-state index contributed by atoms with van der Waals surface area (Å²) >= 11 is 0. The molecule has 2 amide bonds. The number of piperidine rings is 1. The normalized spacial score (nSPS) is 18.5. The second kappa shape index (κ2) is 8.28. The summed E-state index contributed by atoms with van der Waals surface area (Å²) in [5.74, 6) is -0.579. The van der Waals surface area contributed by atoms with Crippen molar-refractivity contribution in [3.63, 3.8) is 0 Å². The molecule has 0 spiro atoms. The number of nitriles is 1. The SMILES string of the molecule is N#CCC1(n2cc(C(N)=O)c(NC(=O)C3CC3)n2)CCN(Cc2ccccc2)CC1. The topological polar surface area (TPSA) is 117 Å². The molecule has 2 aromatic rings. The minimum absolute atomic E-state index is 0.00910. The van der Waals surface area contributed by atoms with Gasteiger partial charge in [-0.05, 0) is 31.2 Å². The molecule has 0 radical (unpaired) electrons. The molecular formula is C22H26N6O2. The lowest BCUT2D eigenvalue weighted by Crippen LogP contribution is -2.46. The van der Waals surface area contributed by atoms with Crippen molar-refractivity contribution in [3.8, 4) is 6.07 Å². The number of hydrogen-bond acceptors (Lipinski definition) is 5. The maximum atomic E-state index is 12.2. The molecule has 30 heavy (non-hydrogen) atoms. The number of nitrogens with one attached hydrogen (secondary N) is 1. The molecule has 0 atom stereocenters. The van der Waals surface area contributed by atoms with Crippen molar-refractivity contribution < 1.29 is 9.59 Å². The van der Waals surface area contributed by atoms with Crippen LogP contribution in [0.25, 0.3) is 0 Å². The van der Waals surface area contributed by atoms with Gasteiger partial charge in [0.1, 0.15) is 5.56 Å². The van der Waals surface area contributed by atoms with Crippen molar-refractivity contribution in [1.82, 2.24) is 14.7 Å². The standard InChI is InChI=1S/C22H26N6O2/c23-11-8-22(9-12-27(13-10-22)14-16-4-2-1-3-5-16)28-15-18(19(24)29)20(26-28)25-21(30)17-6-7-17/h1-5,15,17H,6-10,12-14H2,(H2,24,29)(H,25,26,30). The average Bonchev–Trinajstić information content (AvgIpc) is 3.51. The summed E-state index contributed by atoms with van der Waals surface area (Å²) in [6.45, 7) is 2.48.